The molecule has 0 aromatic heterocycles. The first-order chi connectivity index (χ1) is 19.6. The van der Waals surface area contributed by atoms with Gasteiger partial charge in [-0.2, -0.15) is 0 Å². The van der Waals surface area contributed by atoms with Crippen molar-refractivity contribution in [3.05, 3.63) is 23.3 Å². The normalized spacial score (nSPS) is 25.7. The summed E-state index contributed by atoms with van der Waals surface area (Å²) in [6.45, 7) is 2.20. The lowest BCUT2D eigenvalue weighted by Crippen LogP contribution is -2.28. The lowest BCUT2D eigenvalue weighted by molar-refractivity contribution is -0.148. The van der Waals surface area contributed by atoms with Crippen LogP contribution in [0.15, 0.2) is 17.1 Å². The largest absolute Gasteiger partial charge is 0.504 e. The maximum atomic E-state index is 13.0. The number of fused-ring (bicyclic) bond motifs is 4. The van der Waals surface area contributed by atoms with Crippen LogP contribution in [-0.2, 0) is 27.3 Å². The van der Waals surface area contributed by atoms with Crippen LogP contribution in [0.25, 0.3) is 0 Å². The number of aromatic hydroxyl groups is 1. The van der Waals surface area contributed by atoms with Gasteiger partial charge in [-0.3, -0.25) is 9.59 Å². The number of aliphatic hydroxyl groups excluding tert-OH is 1. The zero-order valence-electron chi connectivity index (χ0n) is 24.3. The molecule has 1 amide bonds. The maximum Gasteiger partial charge on any atom is 0.302 e. The predicted molar refractivity (Wildman–Crippen MR) is 165 cm³/mol. The molecule has 4 bridgehead atoms. The Kier molecular flexibility index (Phi) is 13.7. The lowest BCUT2D eigenvalue weighted by atomic mass is 9.98. The van der Waals surface area contributed by atoms with Crippen LogP contribution in [0.1, 0.15) is 75.8 Å². The van der Waals surface area contributed by atoms with E-state index in [9.17, 15) is 19.8 Å². The van der Waals surface area contributed by atoms with Gasteiger partial charge in [-0.25, -0.2) is 4.99 Å². The number of carbonyl (C=O) groups is 2. The monoisotopic (exact) mass is 610 g/mol. The van der Waals surface area contributed by atoms with Crippen molar-refractivity contribution in [2.24, 2.45) is 22.4 Å². The molecule has 0 spiro atoms. The molecule has 2 aliphatic rings. The van der Waals surface area contributed by atoms with E-state index in [0.717, 1.165) is 42.8 Å². The standard InChI is InChI=1S/C29H46N4O6S2/c1-19(34)39-25-9-8-20-11-22(28(37)26(13-20)38-2)17-33-16-21(14-27(33)36)12-23(32-29(30)31)18-41-40-10-6-4-3-5-7-24(35)15-25/h11,13,21,23-25,35,37H,3-10,12,14-18H2,1-2H3,(H4,30,31,32)/t21-,23-,24+,25+/m1/s1. The minimum atomic E-state index is -0.544. The van der Waals surface area contributed by atoms with Gasteiger partial charge in [0, 0.05) is 49.9 Å². The molecule has 12 heteroatoms. The Morgan fingerprint density at radius 2 is 1.90 bits per heavy atom. The van der Waals surface area contributed by atoms with Crippen LogP contribution in [0.4, 0.5) is 0 Å². The molecule has 41 heavy (non-hydrogen) atoms. The summed E-state index contributed by atoms with van der Waals surface area (Å²) in [4.78, 5) is 31.0. The molecule has 1 fully saturated rings. The number of phenolic OH excluding ortho intramolecular Hbond substituents is 1. The van der Waals surface area contributed by atoms with Crippen LogP contribution in [0, 0.1) is 5.92 Å². The zero-order valence-corrected chi connectivity index (χ0v) is 25.9. The number of rotatable bonds is 3. The molecular weight excluding hydrogens is 564 g/mol. The zero-order chi connectivity index (χ0) is 29.8. The van der Waals surface area contributed by atoms with Gasteiger partial charge in [0.15, 0.2) is 17.5 Å². The molecule has 3 rings (SSSR count). The maximum absolute atomic E-state index is 13.0. The highest BCUT2D eigenvalue weighted by atomic mass is 33.1. The number of nitrogens with zero attached hydrogens (tertiary/aromatic N) is 2. The number of carbonyl (C=O) groups excluding carboxylic acids is 2. The van der Waals surface area contributed by atoms with E-state index in [1.807, 2.05) is 16.9 Å². The Morgan fingerprint density at radius 3 is 2.63 bits per heavy atom. The summed E-state index contributed by atoms with van der Waals surface area (Å²) in [5, 5.41) is 21.5. The molecule has 2 heterocycles. The van der Waals surface area contributed by atoms with Crippen molar-refractivity contribution >= 4 is 39.4 Å². The quantitative estimate of drug-likeness (QED) is 0.172. The topological polar surface area (TPSA) is 161 Å². The van der Waals surface area contributed by atoms with Crippen LogP contribution < -0.4 is 16.2 Å². The average Bonchev–Trinajstić information content (AvgIpc) is 3.24. The molecule has 230 valence electrons. The van der Waals surface area contributed by atoms with Crippen molar-refractivity contribution in [3.63, 3.8) is 0 Å². The van der Waals surface area contributed by atoms with E-state index in [0.29, 0.717) is 56.4 Å². The van der Waals surface area contributed by atoms with Gasteiger partial charge in [0.1, 0.15) is 6.10 Å². The highest BCUT2D eigenvalue weighted by Crippen LogP contribution is 2.35. The van der Waals surface area contributed by atoms with Crippen molar-refractivity contribution in [2.45, 2.75) is 95.9 Å². The number of nitrogens with two attached hydrogens (primary N) is 2. The first kappa shape index (κ1) is 33.2. The minimum absolute atomic E-state index is 0.0109. The van der Waals surface area contributed by atoms with Crippen LogP contribution in [0.5, 0.6) is 11.5 Å². The average molecular weight is 611 g/mol. The molecular formula is C29H46N4O6S2. The number of hydrogen-bond acceptors (Lipinski definition) is 9. The summed E-state index contributed by atoms with van der Waals surface area (Å²) in [5.41, 5.74) is 12.9. The van der Waals surface area contributed by atoms with Gasteiger partial charge in [-0.1, -0.05) is 46.9 Å². The van der Waals surface area contributed by atoms with Crippen LogP contribution in [0.2, 0.25) is 0 Å². The Bertz CT molecular complexity index is 1040. The summed E-state index contributed by atoms with van der Waals surface area (Å²) in [7, 11) is 5.06. The minimum Gasteiger partial charge on any atom is -0.504 e. The van der Waals surface area contributed by atoms with E-state index in [2.05, 4.69) is 4.99 Å². The highest BCUT2D eigenvalue weighted by molar-refractivity contribution is 8.76. The summed E-state index contributed by atoms with van der Waals surface area (Å²) in [5.74, 6) is 1.97. The number of hydrogen-bond donors (Lipinski definition) is 4. The van der Waals surface area contributed by atoms with E-state index < -0.39 is 12.2 Å². The molecule has 4 atom stereocenters. The molecule has 10 nitrogen and oxygen atoms in total. The molecule has 0 aliphatic carbocycles. The van der Waals surface area contributed by atoms with Crippen molar-refractivity contribution in [1.82, 2.24) is 4.90 Å². The second-order valence-corrected chi connectivity index (χ2v) is 13.7. The molecule has 6 N–H and O–H groups in total. The van der Waals surface area contributed by atoms with Crippen molar-refractivity contribution in [3.8, 4) is 11.5 Å². The Balaban J connectivity index is 1.80. The third-order valence-electron chi connectivity index (χ3n) is 7.51. The van der Waals surface area contributed by atoms with E-state index in [1.54, 1.807) is 21.8 Å². The summed E-state index contributed by atoms with van der Waals surface area (Å²) in [6, 6.07) is 3.58. The van der Waals surface area contributed by atoms with Gasteiger partial charge in [0.05, 0.1) is 19.3 Å². The molecule has 1 aromatic rings. The van der Waals surface area contributed by atoms with Gasteiger partial charge < -0.3 is 36.1 Å². The fraction of sp³-hybridized carbons (Fsp3) is 0.690. The fourth-order valence-electron chi connectivity index (χ4n) is 5.56. The number of ether oxygens (including phenoxy) is 2. The number of benzene rings is 1. The molecule has 0 radical (unpaired) electrons. The van der Waals surface area contributed by atoms with E-state index in [-0.39, 0.29) is 42.1 Å². The van der Waals surface area contributed by atoms with Crippen LogP contribution in [0.3, 0.4) is 0 Å². The second kappa shape index (κ2) is 17.0. The number of guanidine groups is 1. The fourth-order valence-corrected chi connectivity index (χ4v) is 7.93. The number of methoxy groups -OCH3 is 1. The number of aryl methyl sites for hydroxylation is 1. The first-order valence-electron chi connectivity index (χ1n) is 14.5. The van der Waals surface area contributed by atoms with Gasteiger partial charge >= 0.3 is 5.97 Å². The van der Waals surface area contributed by atoms with Crippen LogP contribution in [-0.4, -0.2) is 76.4 Å². The SMILES string of the molecule is COc1cc2cc(c1O)CN1C[C@@H](CC1=O)C[C@@H](N=C(N)N)CSSCCCCCC[C@H](O)C[C@@H](OC(C)=O)CC2. The Labute approximate surface area is 251 Å². The predicted octanol–water partition coefficient (Wildman–Crippen LogP) is 3.74. The molecule has 2 aliphatic heterocycles. The lowest BCUT2D eigenvalue weighted by Gasteiger charge is -2.22. The highest BCUT2D eigenvalue weighted by Gasteiger charge is 2.32. The number of esters is 1. The number of phenols is 1. The van der Waals surface area contributed by atoms with E-state index in [4.69, 9.17) is 20.9 Å². The summed E-state index contributed by atoms with van der Waals surface area (Å²) < 4.78 is 11.0. The Morgan fingerprint density at radius 1 is 1.12 bits per heavy atom. The second-order valence-electron chi connectivity index (χ2n) is 11.1. The third kappa shape index (κ3) is 11.5. The third-order valence-corrected chi connectivity index (χ3v) is 10.1. The number of aliphatic hydroxyl groups is 1. The molecule has 1 aromatic carbocycles. The summed E-state index contributed by atoms with van der Waals surface area (Å²) >= 11 is 0. The van der Waals surface area contributed by atoms with Crippen molar-refractivity contribution in [1.29, 1.82) is 0 Å². The van der Waals surface area contributed by atoms with Crippen molar-refractivity contribution in [2.75, 3.05) is 25.2 Å². The molecule has 0 unspecified atom stereocenters. The number of amides is 1. The van der Waals surface area contributed by atoms with Gasteiger partial charge in [0.25, 0.3) is 0 Å². The van der Waals surface area contributed by atoms with E-state index >= 15 is 0 Å². The summed E-state index contributed by atoms with van der Waals surface area (Å²) in [6.07, 6.45) is 6.45. The van der Waals surface area contributed by atoms with Crippen LogP contribution >= 0.6 is 21.6 Å². The van der Waals surface area contributed by atoms with Gasteiger partial charge in [0.2, 0.25) is 5.91 Å². The number of aliphatic imine (C=N–C) groups is 1. The van der Waals surface area contributed by atoms with Gasteiger partial charge in [-0.05, 0) is 49.7 Å². The Hall–Kier alpha value is -2.31. The smallest absolute Gasteiger partial charge is 0.302 e. The molecule has 1 saturated heterocycles. The molecule has 0 saturated carbocycles. The first-order valence-corrected chi connectivity index (χ1v) is 17.0. The van der Waals surface area contributed by atoms with Gasteiger partial charge in [-0.15, -0.1) is 0 Å². The van der Waals surface area contributed by atoms with E-state index in [1.165, 1.54) is 14.0 Å². The van der Waals surface area contributed by atoms with Crippen molar-refractivity contribution < 1.29 is 29.3 Å².